The predicted octanol–water partition coefficient (Wildman–Crippen LogP) is 4.81. The maximum Gasteiger partial charge on any atom is 0.358 e. The van der Waals surface area contributed by atoms with Crippen LogP contribution in [0.15, 0.2) is 35.7 Å². The fourth-order valence-corrected chi connectivity index (χ4v) is 4.40. The molecule has 3 rings (SSSR count). The Balaban J connectivity index is 1.56. The van der Waals surface area contributed by atoms with Crippen LogP contribution in [0.3, 0.4) is 0 Å². The topological polar surface area (TPSA) is 94.6 Å². The molecule has 0 bridgehead atoms. The molecule has 2 aromatic heterocycles. The van der Waals surface area contributed by atoms with Crippen LogP contribution in [0.1, 0.15) is 32.6 Å². The largest absolute Gasteiger partial charge is 0.462 e. The number of ether oxygens (including phenoxy) is 2. The van der Waals surface area contributed by atoms with Crippen molar-refractivity contribution in [1.29, 1.82) is 0 Å². The Morgan fingerprint density at radius 3 is 2.70 bits per heavy atom. The highest BCUT2D eigenvalue weighted by Crippen LogP contribution is 2.28. The van der Waals surface area contributed by atoms with Crippen LogP contribution >= 0.6 is 34.3 Å². The highest BCUT2D eigenvalue weighted by molar-refractivity contribution is 7.18. The van der Waals surface area contributed by atoms with Gasteiger partial charge in [0.1, 0.15) is 9.88 Å². The van der Waals surface area contributed by atoms with E-state index in [-0.39, 0.29) is 12.3 Å². The molecule has 156 valence electrons. The van der Waals surface area contributed by atoms with Gasteiger partial charge in [-0.15, -0.1) is 22.7 Å². The molecule has 0 radical (unpaired) electrons. The van der Waals surface area contributed by atoms with E-state index in [1.807, 2.05) is 6.07 Å². The fourth-order valence-electron chi connectivity index (χ4n) is 2.44. The lowest BCUT2D eigenvalue weighted by atomic mass is 10.2. The van der Waals surface area contributed by atoms with Crippen LogP contribution in [-0.2, 0) is 14.3 Å². The van der Waals surface area contributed by atoms with Crippen molar-refractivity contribution in [3.63, 3.8) is 0 Å². The van der Waals surface area contributed by atoms with Crippen LogP contribution in [0.5, 0.6) is 0 Å². The highest BCUT2D eigenvalue weighted by Gasteiger charge is 2.18. The third-order valence-electron chi connectivity index (χ3n) is 3.76. The van der Waals surface area contributed by atoms with Gasteiger partial charge >= 0.3 is 11.9 Å². The molecule has 30 heavy (non-hydrogen) atoms. The Kier molecular flexibility index (Phi) is 7.20. The summed E-state index contributed by atoms with van der Waals surface area (Å²) in [5.74, 6) is -1.67. The lowest BCUT2D eigenvalue weighted by Crippen LogP contribution is -2.20. The number of amides is 1. The first-order valence-electron chi connectivity index (χ1n) is 8.83. The van der Waals surface area contributed by atoms with Crippen molar-refractivity contribution in [3.05, 3.63) is 56.9 Å². The maximum atomic E-state index is 12.2. The number of thiazole rings is 1. The van der Waals surface area contributed by atoms with E-state index >= 15 is 0 Å². The summed E-state index contributed by atoms with van der Waals surface area (Å²) in [6, 6.07) is 8.78. The van der Waals surface area contributed by atoms with Crippen molar-refractivity contribution >= 4 is 57.1 Å². The van der Waals surface area contributed by atoms with Crippen molar-refractivity contribution in [1.82, 2.24) is 4.98 Å². The van der Waals surface area contributed by atoms with Crippen LogP contribution in [0.2, 0.25) is 5.02 Å². The Bertz CT molecular complexity index is 1090. The van der Waals surface area contributed by atoms with E-state index in [2.05, 4.69) is 10.3 Å². The third-order valence-corrected chi connectivity index (χ3v) is 6.02. The molecule has 0 aliphatic heterocycles. The lowest BCUT2D eigenvalue weighted by molar-refractivity contribution is -0.119. The van der Waals surface area contributed by atoms with Gasteiger partial charge in [0.2, 0.25) is 0 Å². The number of anilines is 1. The van der Waals surface area contributed by atoms with E-state index in [0.717, 1.165) is 16.9 Å². The summed E-state index contributed by atoms with van der Waals surface area (Å²) in [6.07, 6.45) is 0. The number of hydrogen-bond donors (Lipinski definition) is 1. The smallest absolute Gasteiger partial charge is 0.358 e. The number of rotatable bonds is 7. The number of thiophene rings is 1. The Hall–Kier alpha value is -2.75. The van der Waals surface area contributed by atoms with Gasteiger partial charge in [-0.05, 0) is 37.6 Å². The summed E-state index contributed by atoms with van der Waals surface area (Å²) < 4.78 is 10.0. The summed E-state index contributed by atoms with van der Waals surface area (Å²) in [5, 5.41) is 5.82. The molecular formula is C20H17ClN2O5S2. The SMILES string of the molecule is CCOC(=O)c1sc(NC(=O)COC(=O)c2csc(-c3cccc(Cl)c3)n2)cc1C. The molecule has 0 saturated heterocycles. The summed E-state index contributed by atoms with van der Waals surface area (Å²) >= 11 is 8.35. The minimum atomic E-state index is -0.704. The number of nitrogens with zero attached hydrogens (tertiary/aromatic N) is 1. The molecule has 3 aromatic rings. The van der Waals surface area contributed by atoms with Gasteiger partial charge in [0, 0.05) is 16.0 Å². The van der Waals surface area contributed by atoms with Gasteiger partial charge in [-0.1, -0.05) is 23.7 Å². The zero-order chi connectivity index (χ0) is 21.7. The number of benzene rings is 1. The lowest BCUT2D eigenvalue weighted by Gasteiger charge is -2.03. The molecule has 0 spiro atoms. The standard InChI is InChI=1S/C20H17ClN2O5S2/c1-3-27-20(26)17-11(2)7-16(30-17)23-15(24)9-28-19(25)14-10-29-18(22-14)12-5-4-6-13(21)8-12/h4-8,10H,3,9H2,1-2H3,(H,23,24). The first kappa shape index (κ1) is 21.9. The van der Waals surface area contributed by atoms with E-state index in [1.54, 1.807) is 43.5 Å². The minimum absolute atomic E-state index is 0.111. The average molecular weight is 465 g/mol. The van der Waals surface area contributed by atoms with Crippen molar-refractivity contribution in [2.24, 2.45) is 0 Å². The molecule has 0 fully saturated rings. The van der Waals surface area contributed by atoms with E-state index in [4.69, 9.17) is 21.1 Å². The van der Waals surface area contributed by atoms with E-state index in [9.17, 15) is 14.4 Å². The van der Waals surface area contributed by atoms with Crippen LogP contribution in [0.25, 0.3) is 10.6 Å². The van der Waals surface area contributed by atoms with Crippen LogP contribution < -0.4 is 5.32 Å². The average Bonchev–Trinajstić information content (AvgIpc) is 3.33. The van der Waals surface area contributed by atoms with Crippen molar-refractivity contribution < 1.29 is 23.9 Å². The molecule has 1 N–H and O–H groups in total. The highest BCUT2D eigenvalue weighted by atomic mass is 35.5. The van der Waals surface area contributed by atoms with E-state index < -0.39 is 24.5 Å². The second kappa shape index (κ2) is 9.84. The van der Waals surface area contributed by atoms with Crippen molar-refractivity contribution in [2.45, 2.75) is 13.8 Å². The molecular weight excluding hydrogens is 448 g/mol. The summed E-state index contributed by atoms with van der Waals surface area (Å²) in [4.78, 5) is 40.8. The molecule has 0 unspecified atom stereocenters. The molecule has 0 aliphatic carbocycles. The number of halogens is 1. The quantitative estimate of drug-likeness (QED) is 0.504. The zero-order valence-corrected chi connectivity index (χ0v) is 18.5. The van der Waals surface area contributed by atoms with Crippen LogP contribution in [0, 0.1) is 6.92 Å². The number of esters is 2. The van der Waals surface area contributed by atoms with Gasteiger partial charge in [-0.3, -0.25) is 4.79 Å². The van der Waals surface area contributed by atoms with Gasteiger partial charge in [0.25, 0.3) is 5.91 Å². The van der Waals surface area contributed by atoms with Gasteiger partial charge < -0.3 is 14.8 Å². The van der Waals surface area contributed by atoms with Gasteiger partial charge in [-0.2, -0.15) is 0 Å². The minimum Gasteiger partial charge on any atom is -0.462 e. The zero-order valence-electron chi connectivity index (χ0n) is 16.1. The predicted molar refractivity (Wildman–Crippen MR) is 116 cm³/mol. The van der Waals surface area contributed by atoms with Crippen LogP contribution in [-0.4, -0.2) is 36.0 Å². The third kappa shape index (κ3) is 5.44. The first-order chi connectivity index (χ1) is 14.4. The van der Waals surface area contributed by atoms with Crippen molar-refractivity contribution in [2.75, 3.05) is 18.5 Å². The number of aromatic nitrogens is 1. The number of nitrogens with one attached hydrogen (secondary N) is 1. The second-order valence-electron chi connectivity index (χ2n) is 6.02. The summed E-state index contributed by atoms with van der Waals surface area (Å²) in [6.45, 7) is 3.26. The molecule has 10 heteroatoms. The van der Waals surface area contributed by atoms with E-state index in [1.165, 1.54) is 11.3 Å². The monoisotopic (exact) mass is 464 g/mol. The van der Waals surface area contributed by atoms with Gasteiger partial charge in [-0.25, -0.2) is 14.6 Å². The first-order valence-corrected chi connectivity index (χ1v) is 10.9. The molecule has 0 atom stereocenters. The van der Waals surface area contributed by atoms with E-state index in [0.29, 0.717) is 25.5 Å². The number of carbonyl (C=O) groups is 3. The van der Waals surface area contributed by atoms with Crippen LogP contribution in [0.4, 0.5) is 5.00 Å². The van der Waals surface area contributed by atoms with Gasteiger partial charge in [0.05, 0.1) is 11.6 Å². The number of aryl methyl sites for hydroxylation is 1. The fraction of sp³-hybridized carbons (Fsp3) is 0.200. The van der Waals surface area contributed by atoms with Gasteiger partial charge in [0.15, 0.2) is 12.3 Å². The molecule has 7 nitrogen and oxygen atoms in total. The number of carbonyl (C=O) groups excluding carboxylic acids is 3. The normalized spacial score (nSPS) is 10.5. The molecule has 0 saturated carbocycles. The Morgan fingerprint density at radius 2 is 1.97 bits per heavy atom. The maximum absolute atomic E-state index is 12.2. The molecule has 2 heterocycles. The Morgan fingerprint density at radius 1 is 1.17 bits per heavy atom. The second-order valence-corrected chi connectivity index (χ2v) is 8.36. The van der Waals surface area contributed by atoms with Crippen molar-refractivity contribution in [3.8, 4) is 10.6 Å². The molecule has 0 aliphatic rings. The summed E-state index contributed by atoms with van der Waals surface area (Å²) in [5.41, 5.74) is 1.59. The number of hydrogen-bond acceptors (Lipinski definition) is 8. The molecule has 1 aromatic carbocycles. The summed E-state index contributed by atoms with van der Waals surface area (Å²) in [7, 11) is 0. The molecule has 1 amide bonds. The Labute approximate surface area is 185 Å².